The number of halogens is 3. The zero-order valence-corrected chi connectivity index (χ0v) is 11.0. The molecule has 0 saturated carbocycles. The molecule has 0 amide bonds. The van der Waals surface area contributed by atoms with Gasteiger partial charge in [0, 0.05) is 0 Å². The molecule has 0 unspecified atom stereocenters. The number of imidazole rings is 1. The van der Waals surface area contributed by atoms with Crippen molar-refractivity contribution >= 4 is 23.5 Å². The molecule has 0 aliphatic rings. The molecule has 1 aromatic heterocycles. The van der Waals surface area contributed by atoms with Crippen molar-refractivity contribution in [2.75, 3.05) is 0 Å². The van der Waals surface area contributed by atoms with Crippen molar-refractivity contribution in [1.29, 1.82) is 0 Å². The summed E-state index contributed by atoms with van der Waals surface area (Å²) in [6.45, 7) is -5.01. The van der Waals surface area contributed by atoms with E-state index in [2.05, 4.69) is 9.97 Å². The molecule has 8 heteroatoms. The predicted octanol–water partition coefficient (Wildman–Crippen LogP) is -2.09. The molecular formula is C7H5BF3KN2O. The molecule has 0 fully saturated rings. The van der Waals surface area contributed by atoms with E-state index in [4.69, 9.17) is 0 Å². The number of nitrogens with one attached hydrogen (secondary N) is 2. The Bertz CT molecular complexity index is 533. The Hall–Kier alpha value is -0.0187. The van der Waals surface area contributed by atoms with E-state index in [0.29, 0.717) is 5.52 Å². The molecule has 0 radical (unpaired) electrons. The summed E-state index contributed by atoms with van der Waals surface area (Å²) in [5.41, 5.74) is -0.676. The molecule has 74 valence electrons. The maximum absolute atomic E-state index is 12.3. The average Bonchev–Trinajstić information content (AvgIpc) is 2.41. The molecule has 1 heterocycles. The number of aromatic amines is 2. The van der Waals surface area contributed by atoms with Gasteiger partial charge in [-0.2, -0.15) is 0 Å². The molecule has 1 aromatic carbocycles. The van der Waals surface area contributed by atoms with E-state index in [1.807, 2.05) is 0 Å². The first-order valence-corrected chi connectivity index (χ1v) is 3.89. The van der Waals surface area contributed by atoms with Gasteiger partial charge in [-0.3, -0.25) is 0 Å². The minimum absolute atomic E-state index is 0. The Labute approximate surface area is 125 Å². The van der Waals surface area contributed by atoms with Crippen LogP contribution < -0.4 is 62.5 Å². The first-order valence-electron chi connectivity index (χ1n) is 3.89. The van der Waals surface area contributed by atoms with E-state index in [1.54, 1.807) is 0 Å². The third kappa shape index (κ3) is 2.76. The normalized spacial score (nSPS) is 11.4. The second-order valence-electron chi connectivity index (χ2n) is 2.96. The fourth-order valence-electron chi connectivity index (χ4n) is 1.25. The van der Waals surface area contributed by atoms with Crippen LogP contribution in [0.2, 0.25) is 0 Å². The SMILES string of the molecule is O=c1[nH]c2ccc([B-](F)(F)F)cc2[nH]1.[K+]. The molecule has 15 heavy (non-hydrogen) atoms. The minimum Gasteiger partial charge on any atom is -0.445 e. The van der Waals surface area contributed by atoms with Crippen LogP contribution in [0.15, 0.2) is 23.0 Å². The van der Waals surface area contributed by atoms with Gasteiger partial charge >= 0.3 is 64.1 Å². The van der Waals surface area contributed by atoms with E-state index in [9.17, 15) is 17.7 Å². The summed E-state index contributed by atoms with van der Waals surface area (Å²) in [5.74, 6) is 0. The summed E-state index contributed by atoms with van der Waals surface area (Å²) in [6.07, 6.45) is 0. The Morgan fingerprint density at radius 2 is 1.67 bits per heavy atom. The molecule has 0 bridgehead atoms. The fraction of sp³-hybridized carbons (Fsp3) is 0. The zero-order valence-electron chi connectivity index (χ0n) is 7.85. The number of H-pyrrole nitrogens is 2. The first kappa shape index (κ1) is 13.0. The Kier molecular flexibility index (Phi) is 3.88. The summed E-state index contributed by atoms with van der Waals surface area (Å²) in [7, 11) is 0. The van der Waals surface area contributed by atoms with Crippen LogP contribution in [0.4, 0.5) is 12.9 Å². The van der Waals surface area contributed by atoms with Gasteiger partial charge in [0.1, 0.15) is 0 Å². The van der Waals surface area contributed by atoms with Gasteiger partial charge in [-0.15, -0.1) is 5.46 Å². The topological polar surface area (TPSA) is 48.6 Å². The van der Waals surface area contributed by atoms with Crippen LogP contribution in [0, 0.1) is 0 Å². The standard InChI is InChI=1S/C7H5BF3N2O.K/c9-8(10,11)4-1-2-5-6(3-4)13-7(14)12-5;/h1-3H,(H2,12,13,14);/q-1;+1. The summed E-state index contributed by atoms with van der Waals surface area (Å²) in [5, 5.41) is 0. The molecule has 0 atom stereocenters. The Morgan fingerprint density at radius 3 is 2.27 bits per heavy atom. The van der Waals surface area contributed by atoms with E-state index in [0.717, 1.165) is 12.1 Å². The number of hydrogen-bond acceptors (Lipinski definition) is 1. The third-order valence-electron chi connectivity index (χ3n) is 1.92. The largest absolute Gasteiger partial charge is 1.00 e. The second kappa shape index (κ2) is 4.46. The van der Waals surface area contributed by atoms with Crippen molar-refractivity contribution in [3.8, 4) is 0 Å². The van der Waals surface area contributed by atoms with Gasteiger partial charge in [-0.05, 0) is 6.07 Å². The molecule has 2 rings (SSSR count). The Morgan fingerprint density at radius 1 is 1.07 bits per heavy atom. The van der Waals surface area contributed by atoms with Crippen molar-refractivity contribution in [3.05, 3.63) is 28.7 Å². The Balaban J connectivity index is 0.00000112. The smallest absolute Gasteiger partial charge is 0.445 e. The van der Waals surface area contributed by atoms with Gasteiger partial charge in [-0.25, -0.2) is 4.79 Å². The van der Waals surface area contributed by atoms with Crippen LogP contribution in [0.25, 0.3) is 11.0 Å². The third-order valence-corrected chi connectivity index (χ3v) is 1.92. The van der Waals surface area contributed by atoms with E-state index < -0.39 is 18.1 Å². The van der Waals surface area contributed by atoms with Crippen molar-refractivity contribution < 1.29 is 64.3 Å². The molecular weight excluding hydrogens is 235 g/mol. The van der Waals surface area contributed by atoms with Gasteiger partial charge < -0.3 is 22.9 Å². The van der Waals surface area contributed by atoms with E-state index in [-0.39, 0.29) is 56.9 Å². The van der Waals surface area contributed by atoms with Crippen LogP contribution >= 0.6 is 0 Å². The van der Waals surface area contributed by atoms with Crippen molar-refractivity contribution in [2.45, 2.75) is 0 Å². The number of rotatable bonds is 1. The van der Waals surface area contributed by atoms with Crippen LogP contribution in [0.3, 0.4) is 0 Å². The minimum atomic E-state index is -5.01. The van der Waals surface area contributed by atoms with Crippen LogP contribution in [0.5, 0.6) is 0 Å². The second-order valence-corrected chi connectivity index (χ2v) is 2.96. The van der Waals surface area contributed by atoms with Gasteiger partial charge in [0.25, 0.3) is 0 Å². The number of benzene rings is 1. The monoisotopic (exact) mass is 240 g/mol. The number of aromatic nitrogens is 2. The molecule has 0 saturated heterocycles. The maximum atomic E-state index is 12.3. The number of fused-ring (bicyclic) bond motifs is 1. The van der Waals surface area contributed by atoms with E-state index in [1.165, 1.54) is 6.07 Å². The quantitative estimate of drug-likeness (QED) is 0.552. The molecule has 3 nitrogen and oxygen atoms in total. The predicted molar refractivity (Wildman–Crippen MR) is 47.6 cm³/mol. The van der Waals surface area contributed by atoms with Crippen molar-refractivity contribution in [2.24, 2.45) is 0 Å². The molecule has 2 aromatic rings. The van der Waals surface area contributed by atoms with Crippen molar-refractivity contribution in [1.82, 2.24) is 9.97 Å². The zero-order chi connectivity index (χ0) is 10.3. The molecule has 0 aliphatic carbocycles. The fourth-order valence-corrected chi connectivity index (χ4v) is 1.25. The van der Waals surface area contributed by atoms with Gasteiger partial charge in [0.05, 0.1) is 11.0 Å². The molecule has 2 N–H and O–H groups in total. The van der Waals surface area contributed by atoms with E-state index >= 15 is 0 Å². The van der Waals surface area contributed by atoms with Crippen LogP contribution in [0.1, 0.15) is 0 Å². The summed E-state index contributed by atoms with van der Waals surface area (Å²) in [6, 6.07) is 3.11. The van der Waals surface area contributed by atoms with Gasteiger partial charge in [0.2, 0.25) is 0 Å². The van der Waals surface area contributed by atoms with Crippen LogP contribution in [-0.4, -0.2) is 16.9 Å². The number of hydrogen-bond donors (Lipinski definition) is 2. The molecule has 0 spiro atoms. The molecule has 0 aliphatic heterocycles. The maximum Gasteiger partial charge on any atom is 1.00 e. The van der Waals surface area contributed by atoms with Crippen LogP contribution in [-0.2, 0) is 0 Å². The van der Waals surface area contributed by atoms with Gasteiger partial charge in [-0.1, -0.05) is 12.1 Å². The van der Waals surface area contributed by atoms with Crippen molar-refractivity contribution in [3.63, 3.8) is 0 Å². The first-order chi connectivity index (χ1) is 6.47. The summed E-state index contributed by atoms with van der Waals surface area (Å²) >= 11 is 0. The summed E-state index contributed by atoms with van der Waals surface area (Å²) in [4.78, 5) is 15.4. The summed E-state index contributed by atoms with van der Waals surface area (Å²) < 4.78 is 36.8. The van der Waals surface area contributed by atoms with Gasteiger partial charge in [0.15, 0.2) is 0 Å². The average molecular weight is 240 g/mol.